The number of benzene rings is 1. The molecule has 1 aromatic carbocycles. The van der Waals surface area contributed by atoms with E-state index in [2.05, 4.69) is 0 Å². The first-order chi connectivity index (χ1) is 6.94. The number of Topliss-reactive ketones (excluding diaryl/α,β-unsaturated/α-hetero) is 1. The number of carbonyl (C=O) groups excluding carboxylic acids is 1. The Bertz CT molecular complexity index is 376. The van der Waals surface area contributed by atoms with E-state index in [1.807, 2.05) is 0 Å². The topological polar surface area (TPSA) is 80.4 Å². The van der Waals surface area contributed by atoms with E-state index in [4.69, 9.17) is 10.8 Å². The summed E-state index contributed by atoms with van der Waals surface area (Å²) in [5.41, 5.74) is 5.26. The van der Waals surface area contributed by atoms with Gasteiger partial charge in [0.25, 0.3) is 0 Å². The van der Waals surface area contributed by atoms with Crippen LogP contribution in [0.15, 0.2) is 30.3 Å². The molecule has 0 spiro atoms. The van der Waals surface area contributed by atoms with Gasteiger partial charge in [0.2, 0.25) is 5.78 Å². The van der Waals surface area contributed by atoms with Crippen molar-refractivity contribution in [3.05, 3.63) is 35.9 Å². The number of nitrogens with two attached hydrogens (primary N) is 1. The summed E-state index contributed by atoms with van der Waals surface area (Å²) in [4.78, 5) is 21.5. The van der Waals surface area contributed by atoms with Gasteiger partial charge in [0.1, 0.15) is 0 Å². The quantitative estimate of drug-likeness (QED) is 0.561. The molecule has 3 N–H and O–H groups in total. The molecule has 15 heavy (non-hydrogen) atoms. The Hall–Kier alpha value is -1.75. The largest absolute Gasteiger partial charge is 0.477 e. The van der Waals surface area contributed by atoms with Crippen molar-refractivity contribution in [2.45, 2.75) is 12.2 Å². The molecule has 5 heteroatoms. The number of ketones is 1. The van der Waals surface area contributed by atoms with Crippen LogP contribution in [0.3, 0.4) is 0 Å². The van der Waals surface area contributed by atoms with Crippen molar-refractivity contribution < 1.29 is 19.1 Å². The van der Waals surface area contributed by atoms with Gasteiger partial charge in [-0.2, -0.15) is 0 Å². The molecule has 1 atom stereocenters. The fourth-order valence-corrected chi connectivity index (χ4v) is 1.03. The van der Waals surface area contributed by atoms with E-state index >= 15 is 0 Å². The summed E-state index contributed by atoms with van der Waals surface area (Å²) in [7, 11) is 0. The number of aliphatic carboxylic acids is 1. The van der Waals surface area contributed by atoms with Crippen LogP contribution in [0.5, 0.6) is 0 Å². The predicted molar refractivity (Wildman–Crippen MR) is 50.8 cm³/mol. The number of alkyl halides is 1. The molecule has 1 unspecified atom stereocenters. The minimum Gasteiger partial charge on any atom is -0.477 e. The van der Waals surface area contributed by atoms with Crippen molar-refractivity contribution in [2.24, 2.45) is 5.73 Å². The predicted octanol–water partition coefficient (Wildman–Crippen LogP) is 0.507. The first kappa shape index (κ1) is 11.3. The molecule has 0 saturated heterocycles. The Morgan fingerprint density at radius 3 is 2.33 bits per heavy atom. The summed E-state index contributed by atoms with van der Waals surface area (Å²) < 4.78 is 13.1. The van der Waals surface area contributed by atoms with Gasteiger partial charge < -0.3 is 5.11 Å². The number of halogens is 1. The highest BCUT2D eigenvalue weighted by molar-refractivity contribution is 6.06. The van der Waals surface area contributed by atoms with Crippen molar-refractivity contribution in [2.75, 3.05) is 0 Å². The fourth-order valence-electron chi connectivity index (χ4n) is 1.03. The van der Waals surface area contributed by atoms with E-state index in [0.717, 1.165) is 0 Å². The number of carboxylic acids is 1. The molecule has 1 aromatic rings. The van der Waals surface area contributed by atoms with Crippen molar-refractivity contribution in [3.63, 3.8) is 0 Å². The highest BCUT2D eigenvalue weighted by atomic mass is 19.1. The van der Waals surface area contributed by atoms with Crippen LogP contribution in [0.2, 0.25) is 0 Å². The molecule has 0 aliphatic carbocycles. The van der Waals surface area contributed by atoms with Crippen molar-refractivity contribution >= 4 is 11.8 Å². The molecule has 0 aromatic heterocycles. The van der Waals surface area contributed by atoms with E-state index in [0.29, 0.717) is 5.56 Å². The van der Waals surface area contributed by atoms with E-state index in [-0.39, 0.29) is 6.42 Å². The zero-order valence-electron chi connectivity index (χ0n) is 7.81. The van der Waals surface area contributed by atoms with Gasteiger partial charge in [-0.15, -0.1) is 0 Å². The SMILES string of the molecule is NC(F)(C(=O)O)C(=O)Cc1ccccc1. The smallest absolute Gasteiger partial charge is 0.364 e. The van der Waals surface area contributed by atoms with Crippen LogP contribution in [0, 0.1) is 0 Å². The Labute approximate surface area is 85.5 Å². The third-order valence-corrected chi connectivity index (χ3v) is 1.92. The second kappa shape index (κ2) is 4.18. The Kier molecular flexibility index (Phi) is 3.16. The molecule has 0 aliphatic heterocycles. The van der Waals surface area contributed by atoms with Gasteiger partial charge in [-0.25, -0.2) is 9.18 Å². The van der Waals surface area contributed by atoms with Gasteiger partial charge in [-0.05, 0) is 5.56 Å². The number of hydrogen-bond donors (Lipinski definition) is 2. The lowest BCUT2D eigenvalue weighted by molar-refractivity contribution is -0.156. The van der Waals surface area contributed by atoms with Crippen molar-refractivity contribution in [1.29, 1.82) is 0 Å². The lowest BCUT2D eigenvalue weighted by atomic mass is 10.0. The normalized spacial score (nSPS) is 14.3. The maximum absolute atomic E-state index is 13.1. The molecular formula is C10H10FNO3. The van der Waals surface area contributed by atoms with Crippen molar-refractivity contribution in [1.82, 2.24) is 0 Å². The second-order valence-electron chi connectivity index (χ2n) is 3.10. The highest BCUT2D eigenvalue weighted by Crippen LogP contribution is 2.10. The maximum atomic E-state index is 13.1. The van der Waals surface area contributed by atoms with Crippen LogP contribution in [0.4, 0.5) is 4.39 Å². The zero-order valence-corrected chi connectivity index (χ0v) is 7.81. The highest BCUT2D eigenvalue weighted by Gasteiger charge is 2.41. The summed E-state index contributed by atoms with van der Waals surface area (Å²) >= 11 is 0. The molecule has 0 heterocycles. The number of rotatable bonds is 4. The van der Waals surface area contributed by atoms with Crippen LogP contribution in [-0.2, 0) is 16.0 Å². The molecular weight excluding hydrogens is 201 g/mol. The number of carboxylic acid groups (broad SMARTS) is 1. The van der Waals surface area contributed by atoms with Gasteiger partial charge in [0.15, 0.2) is 0 Å². The van der Waals surface area contributed by atoms with E-state index in [1.165, 1.54) is 0 Å². The average Bonchev–Trinajstić information content (AvgIpc) is 2.18. The van der Waals surface area contributed by atoms with E-state index in [9.17, 15) is 14.0 Å². The Morgan fingerprint density at radius 1 is 1.33 bits per heavy atom. The number of hydrogen-bond acceptors (Lipinski definition) is 3. The third kappa shape index (κ3) is 2.60. The van der Waals surface area contributed by atoms with Crippen LogP contribution in [0.25, 0.3) is 0 Å². The monoisotopic (exact) mass is 211 g/mol. The molecule has 0 radical (unpaired) electrons. The molecule has 4 nitrogen and oxygen atoms in total. The third-order valence-electron chi connectivity index (χ3n) is 1.92. The molecule has 0 amide bonds. The van der Waals surface area contributed by atoms with Gasteiger partial charge in [0, 0.05) is 6.42 Å². The zero-order chi connectivity index (χ0) is 11.5. The molecule has 0 bridgehead atoms. The second-order valence-corrected chi connectivity index (χ2v) is 3.10. The van der Waals surface area contributed by atoms with Gasteiger partial charge in [-0.1, -0.05) is 30.3 Å². The lowest BCUT2D eigenvalue weighted by Gasteiger charge is -2.12. The van der Waals surface area contributed by atoms with Crippen molar-refractivity contribution in [3.8, 4) is 0 Å². The van der Waals surface area contributed by atoms with Crippen LogP contribution < -0.4 is 5.73 Å². The average molecular weight is 211 g/mol. The first-order valence-corrected chi connectivity index (χ1v) is 4.23. The molecule has 0 fully saturated rings. The minimum atomic E-state index is -3.31. The summed E-state index contributed by atoms with van der Waals surface area (Å²) in [6, 6.07) is 8.25. The standard InChI is InChI=1S/C10H10FNO3/c11-10(12,9(14)15)8(13)6-7-4-2-1-3-5-7/h1-5H,6,12H2,(H,14,15). The molecule has 0 aliphatic rings. The molecule has 80 valence electrons. The first-order valence-electron chi connectivity index (χ1n) is 4.23. The van der Waals surface area contributed by atoms with Gasteiger partial charge in [-0.3, -0.25) is 10.5 Å². The van der Waals surface area contributed by atoms with Gasteiger partial charge in [0.05, 0.1) is 0 Å². The van der Waals surface area contributed by atoms with Crippen LogP contribution in [0.1, 0.15) is 5.56 Å². The summed E-state index contributed by atoms with van der Waals surface area (Å²) in [6.07, 6.45) is -0.333. The van der Waals surface area contributed by atoms with Crippen LogP contribution in [-0.4, -0.2) is 22.7 Å². The molecule has 1 rings (SSSR count). The molecule has 0 saturated carbocycles. The van der Waals surface area contributed by atoms with Gasteiger partial charge >= 0.3 is 11.8 Å². The maximum Gasteiger partial charge on any atom is 0.364 e. The summed E-state index contributed by atoms with van der Waals surface area (Å²) in [6.45, 7) is 0. The van der Waals surface area contributed by atoms with Crippen LogP contribution >= 0.6 is 0 Å². The Balaban J connectivity index is 2.77. The number of carbonyl (C=O) groups is 2. The lowest BCUT2D eigenvalue weighted by Crippen LogP contribution is -2.51. The Morgan fingerprint density at radius 2 is 1.87 bits per heavy atom. The fraction of sp³-hybridized carbons (Fsp3) is 0.200. The summed E-state index contributed by atoms with van der Waals surface area (Å²) in [5.74, 6) is -6.44. The van der Waals surface area contributed by atoms with E-state index < -0.39 is 17.5 Å². The van der Waals surface area contributed by atoms with E-state index in [1.54, 1.807) is 30.3 Å². The summed E-state index contributed by atoms with van der Waals surface area (Å²) in [5, 5.41) is 8.37. The minimum absolute atomic E-state index is 0.333.